The number of hydroxylamine groups is 2. The predicted octanol–water partition coefficient (Wildman–Crippen LogP) is 5.63. The van der Waals surface area contributed by atoms with E-state index in [2.05, 4.69) is 0 Å². The van der Waals surface area contributed by atoms with E-state index < -0.39 is 105 Å². The number of amides is 2. The van der Waals surface area contributed by atoms with E-state index in [1.54, 1.807) is 69.0 Å². The highest BCUT2D eigenvalue weighted by Crippen LogP contribution is 2.54. The Balaban J connectivity index is 1.40. The van der Waals surface area contributed by atoms with Crippen LogP contribution >= 0.6 is 0 Å². The Bertz CT molecular complexity index is 3910. The lowest BCUT2D eigenvalue weighted by Crippen LogP contribution is -2.33. The minimum absolute atomic E-state index is 0.00341. The van der Waals surface area contributed by atoms with E-state index in [1.807, 2.05) is 4.58 Å². The fourth-order valence-electron chi connectivity index (χ4n) is 10.6. The topological polar surface area (TPSA) is 360 Å². The Hall–Kier alpha value is -5.83. The first kappa shape index (κ1) is 60.8. The molecule has 24 nitrogen and oxygen atoms in total. The van der Waals surface area contributed by atoms with Gasteiger partial charge >= 0.3 is 5.97 Å². The van der Waals surface area contributed by atoms with Gasteiger partial charge in [0.2, 0.25) is 5.69 Å². The number of fused-ring (bicyclic) bond motifs is 6. The van der Waals surface area contributed by atoms with Gasteiger partial charge in [-0.25, -0.2) is 4.79 Å². The van der Waals surface area contributed by atoms with Crippen LogP contribution in [-0.4, -0.2) is 144 Å². The highest BCUT2D eigenvalue weighted by Gasteiger charge is 2.49. The lowest BCUT2D eigenvalue weighted by Gasteiger charge is -2.31. The first-order chi connectivity index (χ1) is 36.7. The van der Waals surface area contributed by atoms with Crippen LogP contribution in [0.25, 0.3) is 21.5 Å². The smallest absolute Gasteiger partial charge is 0.333 e. The number of rotatable bonds is 23. The van der Waals surface area contributed by atoms with Crippen LogP contribution in [0.4, 0.5) is 11.4 Å². The zero-order valence-corrected chi connectivity index (χ0v) is 47.4. The van der Waals surface area contributed by atoms with Crippen molar-refractivity contribution in [2.75, 3.05) is 50.7 Å². The SMILES string of the molecule is CC[N+]1=C(/C=C/C(C)=C/C=C2/N(CCCC(=O)ON3C(=O)CCC3=O)c3ccc4c(S(=O)(=O)O)cc(S(=O)(=O)O)cc4c3C2(C)CCOCCOC)C(C)(CCCS(=O)(=O)O)c2c1ccc1c(S(=O)(=O)O)cc(S(=O)(=O)O)cc21. The fourth-order valence-corrected chi connectivity index (χ4v) is 13.8. The van der Waals surface area contributed by atoms with E-state index in [0.717, 1.165) is 12.1 Å². The van der Waals surface area contributed by atoms with Crippen LogP contribution in [0, 0.1) is 0 Å². The van der Waals surface area contributed by atoms with Crippen LogP contribution in [0.2, 0.25) is 0 Å². The van der Waals surface area contributed by atoms with Crippen LogP contribution in [0.5, 0.6) is 0 Å². The standard InChI is InChI=1S/C50H57N3O21S5/c1-6-51-38-14-12-34-36(27-32(76(60,61)62)29-40(34)78(66,67)68)47(38)49(3,20-8-26-75(57,58)59)42(51)16-10-31(2)11-17-43-50(4,21-23-73-25-24-72-5)48-37-28-33(77(63,64)65)30-41(79(69,70)71)35(37)13-15-39(48)52(43)22-7-9-46(56)74-53-44(54)18-19-45(53)55/h10-17,27-30H,6-9,18-26H2,1-5H3,(H4-,57,58,59,60,61,62,63,64,65,66,67,68,69,70,71)/p+1. The average molecular weight is 1200 g/mol. The van der Waals surface area contributed by atoms with E-state index >= 15 is 0 Å². The molecule has 0 radical (unpaired) electrons. The van der Waals surface area contributed by atoms with E-state index in [0.29, 0.717) is 56.7 Å². The number of anilines is 1. The van der Waals surface area contributed by atoms with Crippen molar-refractivity contribution in [2.24, 2.45) is 0 Å². The Labute approximate surface area is 456 Å². The Morgan fingerprint density at radius 1 is 0.709 bits per heavy atom. The summed E-state index contributed by atoms with van der Waals surface area (Å²) < 4.78 is 190. The average Bonchev–Trinajstić information content (AvgIpc) is 3.79. The highest BCUT2D eigenvalue weighted by molar-refractivity contribution is 7.87. The first-order valence-corrected chi connectivity index (χ1v) is 31.7. The van der Waals surface area contributed by atoms with Gasteiger partial charge < -0.3 is 19.2 Å². The largest absolute Gasteiger partial charge is 0.382 e. The molecule has 4 aromatic carbocycles. The van der Waals surface area contributed by atoms with Crippen molar-refractivity contribution in [1.82, 2.24) is 5.06 Å². The Morgan fingerprint density at radius 3 is 1.81 bits per heavy atom. The third kappa shape index (κ3) is 12.7. The van der Waals surface area contributed by atoms with Gasteiger partial charge in [-0.1, -0.05) is 23.8 Å². The van der Waals surface area contributed by atoms with Gasteiger partial charge in [0.15, 0.2) is 5.71 Å². The first-order valence-electron chi connectivity index (χ1n) is 24.4. The van der Waals surface area contributed by atoms with Crippen LogP contribution < -0.4 is 4.90 Å². The van der Waals surface area contributed by atoms with Crippen molar-refractivity contribution in [1.29, 1.82) is 0 Å². The predicted molar refractivity (Wildman–Crippen MR) is 285 cm³/mol. The molecule has 3 heterocycles. The van der Waals surface area contributed by atoms with E-state index in [4.69, 9.17) is 14.3 Å². The molecule has 0 aliphatic carbocycles. The van der Waals surface area contributed by atoms with Crippen LogP contribution in [0.1, 0.15) is 83.8 Å². The number of hydrogen-bond acceptors (Lipinski definition) is 17. The number of ether oxygens (including phenoxy) is 2. The normalized spacial score (nSPS) is 20.0. The number of carbonyl (C=O) groups excluding carboxylic acids is 3. The third-order valence-corrected chi connectivity index (χ3v) is 18.4. The summed E-state index contributed by atoms with van der Waals surface area (Å²) in [5.41, 5.74) is 0.401. The molecule has 29 heteroatoms. The van der Waals surface area contributed by atoms with Crippen LogP contribution in [0.3, 0.4) is 0 Å². The minimum atomic E-state index is -5.14. The maximum atomic E-state index is 13.1. The molecule has 428 valence electrons. The minimum Gasteiger partial charge on any atom is -0.382 e. The molecule has 3 aliphatic heterocycles. The summed E-state index contributed by atoms with van der Waals surface area (Å²) in [4.78, 5) is 41.1. The molecule has 7 rings (SSSR count). The summed E-state index contributed by atoms with van der Waals surface area (Å²) in [5, 5.41) is 0.191. The van der Waals surface area contributed by atoms with Crippen molar-refractivity contribution in [3.05, 3.63) is 95.2 Å². The third-order valence-electron chi connectivity index (χ3n) is 14.2. The summed E-state index contributed by atoms with van der Waals surface area (Å²) in [6.07, 6.45) is 6.16. The van der Waals surface area contributed by atoms with Crippen LogP contribution in [-0.2, 0) is 90.1 Å². The van der Waals surface area contributed by atoms with Crippen molar-refractivity contribution in [2.45, 2.75) is 103 Å². The number of benzene rings is 4. The van der Waals surface area contributed by atoms with E-state index in [9.17, 15) is 79.2 Å². The summed E-state index contributed by atoms with van der Waals surface area (Å²) in [6.45, 7) is 7.62. The number of hydrogen-bond donors (Lipinski definition) is 5. The quantitative estimate of drug-likeness (QED) is 0.0197. The second-order valence-corrected chi connectivity index (χ2v) is 26.7. The molecule has 3 aliphatic rings. The number of allylic oxidation sites excluding steroid dienone is 6. The molecule has 0 bridgehead atoms. The van der Waals surface area contributed by atoms with E-state index in [1.165, 1.54) is 19.2 Å². The molecular formula is C50H58N3O21S5+. The van der Waals surface area contributed by atoms with Gasteiger partial charge in [0.25, 0.3) is 62.4 Å². The maximum Gasteiger partial charge on any atom is 0.333 e. The summed E-state index contributed by atoms with van der Waals surface area (Å²) in [7, 11) is -23.5. The molecule has 5 N–H and O–H groups in total. The number of imide groups is 1. The summed E-state index contributed by atoms with van der Waals surface area (Å²) in [6, 6.07) is 9.17. The lowest BCUT2D eigenvalue weighted by atomic mass is 9.74. The number of nitrogens with zero attached hydrogens (tertiary/aromatic N) is 3. The molecule has 79 heavy (non-hydrogen) atoms. The molecule has 1 fully saturated rings. The van der Waals surface area contributed by atoms with Gasteiger partial charge in [0.1, 0.15) is 16.3 Å². The molecule has 4 aromatic rings. The van der Waals surface area contributed by atoms with Crippen molar-refractivity contribution < 1.29 is 98.1 Å². The monoisotopic (exact) mass is 1200 g/mol. The van der Waals surface area contributed by atoms with Gasteiger partial charge in [0, 0.05) is 84.8 Å². The Kier molecular flexibility index (Phi) is 17.4. The zero-order valence-electron chi connectivity index (χ0n) is 43.3. The molecule has 0 spiro atoms. The molecular weight excluding hydrogens is 1140 g/mol. The summed E-state index contributed by atoms with van der Waals surface area (Å²) >= 11 is 0. The second kappa shape index (κ2) is 22.6. The highest BCUT2D eigenvalue weighted by atomic mass is 32.2. The molecule has 2 unspecified atom stereocenters. The summed E-state index contributed by atoms with van der Waals surface area (Å²) in [5.74, 6) is -2.97. The zero-order chi connectivity index (χ0) is 58.4. The number of carbonyl (C=O) groups is 3. The molecule has 2 amide bonds. The van der Waals surface area contributed by atoms with Crippen molar-refractivity contribution in [3.8, 4) is 0 Å². The lowest BCUT2D eigenvalue weighted by molar-refractivity contribution is -0.433. The van der Waals surface area contributed by atoms with Gasteiger partial charge in [0.05, 0.1) is 34.2 Å². The molecule has 1 saturated heterocycles. The molecule has 2 atom stereocenters. The van der Waals surface area contributed by atoms with Crippen molar-refractivity contribution >= 4 is 107 Å². The van der Waals surface area contributed by atoms with Crippen LogP contribution in [0.15, 0.2) is 104 Å². The van der Waals surface area contributed by atoms with Gasteiger partial charge in [-0.05, 0) is 112 Å². The fraction of sp³-hybridized carbons (Fsp3) is 0.400. The molecule has 0 aromatic heterocycles. The Morgan fingerprint density at radius 2 is 1.28 bits per heavy atom. The van der Waals surface area contributed by atoms with Crippen molar-refractivity contribution in [3.63, 3.8) is 0 Å². The van der Waals surface area contributed by atoms with E-state index in [-0.39, 0.29) is 99.4 Å². The molecule has 0 saturated carbocycles. The van der Waals surface area contributed by atoms with Gasteiger partial charge in [-0.15, -0.1) is 5.06 Å². The van der Waals surface area contributed by atoms with Gasteiger partial charge in [-0.2, -0.15) is 46.7 Å². The second-order valence-electron chi connectivity index (χ2n) is 19.5. The maximum absolute atomic E-state index is 13.1. The number of methoxy groups -OCH3 is 1. The van der Waals surface area contributed by atoms with Gasteiger partial charge in [-0.3, -0.25) is 32.4 Å².